The summed E-state index contributed by atoms with van der Waals surface area (Å²) >= 11 is 0. The molecule has 3 nitrogen and oxygen atoms in total. The third-order valence-electron chi connectivity index (χ3n) is 2.28. The van der Waals surface area contributed by atoms with E-state index in [0.29, 0.717) is 5.56 Å². The van der Waals surface area contributed by atoms with Gasteiger partial charge < -0.3 is 0 Å². The topological polar surface area (TPSA) is 54.4 Å². The lowest BCUT2D eigenvalue weighted by molar-refractivity contribution is 0.482. The Labute approximate surface area is 83.8 Å². The van der Waals surface area contributed by atoms with E-state index < -0.39 is 10.1 Å². The third kappa shape index (κ3) is 1.86. The van der Waals surface area contributed by atoms with Gasteiger partial charge in [-0.3, -0.25) is 4.55 Å². The van der Waals surface area contributed by atoms with Crippen LogP contribution in [0.25, 0.3) is 6.08 Å². The SMILES string of the molecule is C=Cc1ccc(S(=O)(=O)O)c(C)c1C. The molecule has 1 rings (SSSR count). The first kappa shape index (κ1) is 10.9. The van der Waals surface area contributed by atoms with E-state index in [2.05, 4.69) is 6.58 Å². The molecule has 0 heterocycles. The molecule has 76 valence electrons. The van der Waals surface area contributed by atoms with E-state index in [1.165, 1.54) is 6.07 Å². The largest absolute Gasteiger partial charge is 0.294 e. The van der Waals surface area contributed by atoms with Gasteiger partial charge in [-0.15, -0.1) is 0 Å². The van der Waals surface area contributed by atoms with Gasteiger partial charge >= 0.3 is 0 Å². The molecule has 0 bridgehead atoms. The average Bonchev–Trinajstić information content (AvgIpc) is 2.07. The summed E-state index contributed by atoms with van der Waals surface area (Å²) in [5, 5.41) is 0. The predicted molar refractivity (Wildman–Crippen MR) is 55.8 cm³/mol. The van der Waals surface area contributed by atoms with Gasteiger partial charge in [0.1, 0.15) is 0 Å². The highest BCUT2D eigenvalue weighted by Gasteiger charge is 2.14. The fourth-order valence-electron chi connectivity index (χ4n) is 1.32. The van der Waals surface area contributed by atoms with Crippen LogP contribution in [0.2, 0.25) is 0 Å². The molecular weight excluding hydrogens is 200 g/mol. The maximum atomic E-state index is 10.9. The van der Waals surface area contributed by atoms with Crippen molar-refractivity contribution in [2.24, 2.45) is 0 Å². The van der Waals surface area contributed by atoms with Gasteiger partial charge in [0.25, 0.3) is 10.1 Å². The van der Waals surface area contributed by atoms with Crippen molar-refractivity contribution in [3.8, 4) is 0 Å². The molecule has 1 N–H and O–H groups in total. The Morgan fingerprint density at radius 1 is 1.29 bits per heavy atom. The Kier molecular flexibility index (Phi) is 2.78. The van der Waals surface area contributed by atoms with E-state index in [1.54, 1.807) is 26.0 Å². The van der Waals surface area contributed by atoms with Crippen molar-refractivity contribution in [3.63, 3.8) is 0 Å². The van der Waals surface area contributed by atoms with Crippen LogP contribution in [0.1, 0.15) is 16.7 Å². The molecule has 14 heavy (non-hydrogen) atoms. The van der Waals surface area contributed by atoms with Gasteiger partial charge in [-0.05, 0) is 36.6 Å². The standard InChI is InChI=1S/C10H12O3S/c1-4-9-5-6-10(14(11,12)13)8(3)7(9)2/h4-6H,1H2,2-3H3,(H,11,12,13). The molecule has 0 saturated heterocycles. The van der Waals surface area contributed by atoms with Gasteiger partial charge in [0.2, 0.25) is 0 Å². The minimum absolute atomic E-state index is 0.0411. The summed E-state index contributed by atoms with van der Waals surface area (Å²) < 4.78 is 30.8. The van der Waals surface area contributed by atoms with Crippen molar-refractivity contribution in [1.29, 1.82) is 0 Å². The first-order valence-corrected chi connectivity index (χ1v) is 5.52. The summed E-state index contributed by atoms with van der Waals surface area (Å²) in [5.41, 5.74) is 2.25. The number of hydrogen-bond acceptors (Lipinski definition) is 2. The highest BCUT2D eigenvalue weighted by Crippen LogP contribution is 2.22. The molecule has 0 aromatic heterocycles. The van der Waals surface area contributed by atoms with Crippen LogP contribution in [-0.2, 0) is 10.1 Å². The molecule has 4 heteroatoms. The van der Waals surface area contributed by atoms with Crippen molar-refractivity contribution in [1.82, 2.24) is 0 Å². The summed E-state index contributed by atoms with van der Waals surface area (Å²) in [6, 6.07) is 3.01. The summed E-state index contributed by atoms with van der Waals surface area (Å²) in [5.74, 6) is 0. The highest BCUT2D eigenvalue weighted by molar-refractivity contribution is 7.85. The molecule has 0 atom stereocenters. The van der Waals surface area contributed by atoms with E-state index in [-0.39, 0.29) is 4.90 Å². The molecular formula is C10H12O3S. The van der Waals surface area contributed by atoms with Crippen LogP contribution in [0.3, 0.4) is 0 Å². The normalized spacial score (nSPS) is 11.4. The van der Waals surface area contributed by atoms with Gasteiger partial charge in [0.15, 0.2) is 0 Å². The quantitative estimate of drug-likeness (QED) is 0.764. The monoisotopic (exact) mass is 212 g/mol. The van der Waals surface area contributed by atoms with Crippen LogP contribution in [0.5, 0.6) is 0 Å². The fourth-order valence-corrected chi connectivity index (χ4v) is 2.10. The second kappa shape index (κ2) is 3.55. The van der Waals surface area contributed by atoms with Crippen molar-refractivity contribution in [2.45, 2.75) is 18.7 Å². The Balaban J connectivity index is 3.54. The second-order valence-corrected chi connectivity index (χ2v) is 4.47. The summed E-state index contributed by atoms with van der Waals surface area (Å²) in [7, 11) is -4.12. The van der Waals surface area contributed by atoms with E-state index in [1.807, 2.05) is 0 Å². The molecule has 0 aliphatic rings. The first-order valence-electron chi connectivity index (χ1n) is 4.08. The minimum atomic E-state index is -4.12. The van der Waals surface area contributed by atoms with Crippen LogP contribution in [0.15, 0.2) is 23.6 Å². The average molecular weight is 212 g/mol. The summed E-state index contributed by atoms with van der Waals surface area (Å²) in [6.45, 7) is 7.06. The maximum absolute atomic E-state index is 10.9. The lowest BCUT2D eigenvalue weighted by Crippen LogP contribution is -2.03. The van der Waals surface area contributed by atoms with Gasteiger partial charge in [-0.2, -0.15) is 8.42 Å². The number of hydrogen-bond donors (Lipinski definition) is 1. The van der Waals surface area contributed by atoms with Gasteiger partial charge in [-0.1, -0.05) is 18.7 Å². The molecule has 1 aromatic rings. The molecule has 0 unspecified atom stereocenters. The van der Waals surface area contributed by atoms with E-state index in [0.717, 1.165) is 11.1 Å². The Morgan fingerprint density at radius 3 is 2.29 bits per heavy atom. The number of benzene rings is 1. The molecule has 0 amide bonds. The zero-order valence-corrected chi connectivity index (χ0v) is 8.93. The van der Waals surface area contributed by atoms with E-state index >= 15 is 0 Å². The van der Waals surface area contributed by atoms with Crippen molar-refractivity contribution in [3.05, 3.63) is 35.4 Å². The number of rotatable bonds is 2. The van der Waals surface area contributed by atoms with Crippen LogP contribution in [0.4, 0.5) is 0 Å². The third-order valence-corrected chi connectivity index (χ3v) is 3.28. The molecule has 0 aliphatic carbocycles. The lowest BCUT2D eigenvalue weighted by atomic mass is 10.0. The maximum Gasteiger partial charge on any atom is 0.294 e. The molecule has 0 saturated carbocycles. The van der Waals surface area contributed by atoms with Crippen molar-refractivity contribution < 1.29 is 13.0 Å². The van der Waals surface area contributed by atoms with E-state index in [4.69, 9.17) is 4.55 Å². The van der Waals surface area contributed by atoms with Gasteiger partial charge in [0, 0.05) is 0 Å². The molecule has 0 radical (unpaired) electrons. The van der Waals surface area contributed by atoms with Crippen LogP contribution >= 0.6 is 0 Å². The Morgan fingerprint density at radius 2 is 1.86 bits per heavy atom. The summed E-state index contributed by atoms with van der Waals surface area (Å²) in [4.78, 5) is -0.0411. The predicted octanol–water partition coefficient (Wildman–Crippen LogP) is 2.19. The smallest absolute Gasteiger partial charge is 0.282 e. The highest BCUT2D eigenvalue weighted by atomic mass is 32.2. The van der Waals surface area contributed by atoms with Gasteiger partial charge in [0.05, 0.1) is 4.90 Å². The molecule has 0 aliphatic heterocycles. The molecule has 0 spiro atoms. The fraction of sp³-hybridized carbons (Fsp3) is 0.200. The summed E-state index contributed by atoms with van der Waals surface area (Å²) in [6.07, 6.45) is 1.65. The van der Waals surface area contributed by atoms with Crippen LogP contribution in [-0.4, -0.2) is 13.0 Å². The molecule has 0 fully saturated rings. The second-order valence-electron chi connectivity index (χ2n) is 3.08. The molecule has 1 aromatic carbocycles. The van der Waals surface area contributed by atoms with Crippen molar-refractivity contribution >= 4 is 16.2 Å². The first-order chi connectivity index (χ1) is 6.38. The Bertz CT molecular complexity index is 472. The van der Waals surface area contributed by atoms with Gasteiger partial charge in [-0.25, -0.2) is 0 Å². The van der Waals surface area contributed by atoms with Crippen LogP contribution in [0, 0.1) is 13.8 Å². The zero-order chi connectivity index (χ0) is 10.9. The zero-order valence-electron chi connectivity index (χ0n) is 8.11. The Hall–Kier alpha value is -1.13. The van der Waals surface area contributed by atoms with Crippen LogP contribution < -0.4 is 0 Å². The van der Waals surface area contributed by atoms with Crippen molar-refractivity contribution in [2.75, 3.05) is 0 Å². The minimum Gasteiger partial charge on any atom is -0.282 e. The lowest BCUT2D eigenvalue weighted by Gasteiger charge is -2.08. The van der Waals surface area contributed by atoms with E-state index in [9.17, 15) is 8.42 Å².